The maximum absolute atomic E-state index is 12.2. The number of ether oxygens (including phenoxy) is 2. The topological polar surface area (TPSA) is 78.6 Å². The van der Waals surface area contributed by atoms with E-state index in [9.17, 15) is 8.42 Å². The van der Waals surface area contributed by atoms with Gasteiger partial charge in [-0.25, -0.2) is 13.6 Å². The van der Waals surface area contributed by atoms with Gasteiger partial charge in [0.15, 0.2) is 0 Å². The highest BCUT2D eigenvalue weighted by Crippen LogP contribution is 2.43. The van der Waals surface area contributed by atoms with Gasteiger partial charge in [0.25, 0.3) is 0 Å². The molecule has 0 aromatic heterocycles. The predicted octanol–water partition coefficient (Wildman–Crippen LogP) is 7.24. The van der Waals surface area contributed by atoms with Crippen molar-refractivity contribution in [2.75, 3.05) is 7.11 Å². The molecule has 0 heterocycles. The molecule has 0 amide bonds. The number of nitrogens with two attached hydrogens (primary N) is 1. The van der Waals surface area contributed by atoms with Crippen molar-refractivity contribution in [2.45, 2.75) is 18.7 Å². The molecule has 0 saturated carbocycles. The largest absolute Gasteiger partial charge is 0.497 e. The Labute approximate surface area is 217 Å². The summed E-state index contributed by atoms with van der Waals surface area (Å²) in [7, 11) is -2.21. The van der Waals surface area contributed by atoms with E-state index < -0.39 is 10.0 Å². The van der Waals surface area contributed by atoms with Crippen LogP contribution in [0.1, 0.15) is 11.1 Å². The first kappa shape index (κ1) is 24.6. The van der Waals surface area contributed by atoms with Gasteiger partial charge in [0.1, 0.15) is 17.2 Å². The molecule has 0 spiro atoms. The second-order valence-electron chi connectivity index (χ2n) is 8.97. The molecule has 5 rings (SSSR count). The SMILES string of the molecule is COc1ccc2c(Oc3ccc(-c4ccccc4S(N)(=O)=O)c(C)c3)c(-c3ccccc3)c(C)cc2c1. The number of hydrogen-bond acceptors (Lipinski definition) is 4. The van der Waals surface area contributed by atoms with Crippen LogP contribution in [0.3, 0.4) is 0 Å². The van der Waals surface area contributed by atoms with Crippen LogP contribution in [0.4, 0.5) is 0 Å². The van der Waals surface area contributed by atoms with E-state index in [4.69, 9.17) is 14.6 Å². The van der Waals surface area contributed by atoms with Crippen LogP contribution in [-0.2, 0) is 10.0 Å². The number of benzene rings is 5. The number of fused-ring (bicyclic) bond motifs is 1. The Bertz CT molecular complexity index is 1730. The highest BCUT2D eigenvalue weighted by molar-refractivity contribution is 7.89. The molecule has 0 aliphatic rings. The zero-order valence-electron chi connectivity index (χ0n) is 20.9. The summed E-state index contributed by atoms with van der Waals surface area (Å²) in [6, 6.07) is 30.6. The molecular formula is C31H27NO4S. The summed E-state index contributed by atoms with van der Waals surface area (Å²) in [5.74, 6) is 2.18. The second kappa shape index (κ2) is 9.73. The van der Waals surface area contributed by atoms with Crippen molar-refractivity contribution in [3.05, 3.63) is 108 Å². The van der Waals surface area contributed by atoms with Crippen LogP contribution < -0.4 is 14.6 Å². The normalized spacial score (nSPS) is 11.5. The molecule has 0 fully saturated rings. The Balaban J connectivity index is 1.65. The second-order valence-corrected chi connectivity index (χ2v) is 10.5. The van der Waals surface area contributed by atoms with Gasteiger partial charge in [-0.05, 0) is 77.9 Å². The lowest BCUT2D eigenvalue weighted by atomic mass is 9.94. The highest BCUT2D eigenvalue weighted by Gasteiger charge is 2.19. The molecule has 0 bridgehead atoms. The maximum atomic E-state index is 12.2. The quantitative estimate of drug-likeness (QED) is 0.262. The van der Waals surface area contributed by atoms with Gasteiger partial charge in [0.05, 0.1) is 12.0 Å². The average molecular weight is 510 g/mol. The summed E-state index contributed by atoms with van der Waals surface area (Å²) in [5.41, 5.74) is 5.36. The van der Waals surface area contributed by atoms with Crippen molar-refractivity contribution in [3.63, 3.8) is 0 Å². The minimum atomic E-state index is -3.87. The fourth-order valence-corrected chi connectivity index (χ4v) is 5.49. The first-order chi connectivity index (χ1) is 17.8. The van der Waals surface area contributed by atoms with Gasteiger partial charge >= 0.3 is 0 Å². The summed E-state index contributed by atoms with van der Waals surface area (Å²) in [6.45, 7) is 4.01. The van der Waals surface area contributed by atoms with Gasteiger partial charge in [-0.15, -0.1) is 0 Å². The zero-order valence-corrected chi connectivity index (χ0v) is 21.7. The van der Waals surface area contributed by atoms with Crippen molar-refractivity contribution in [3.8, 4) is 39.5 Å². The monoisotopic (exact) mass is 509 g/mol. The number of aryl methyl sites for hydroxylation is 2. The number of hydrogen-bond donors (Lipinski definition) is 1. The Morgan fingerprint density at radius 1 is 0.703 bits per heavy atom. The first-order valence-corrected chi connectivity index (χ1v) is 13.4. The van der Waals surface area contributed by atoms with Crippen LogP contribution in [0.15, 0.2) is 102 Å². The third-order valence-corrected chi connectivity index (χ3v) is 7.43. The Morgan fingerprint density at radius 2 is 1.41 bits per heavy atom. The Hall–Kier alpha value is -4.13. The fourth-order valence-electron chi connectivity index (χ4n) is 4.74. The molecule has 5 aromatic carbocycles. The summed E-state index contributed by atoms with van der Waals surface area (Å²) >= 11 is 0. The lowest BCUT2D eigenvalue weighted by Gasteiger charge is -2.19. The third-order valence-electron chi connectivity index (χ3n) is 6.46. The lowest BCUT2D eigenvalue weighted by Crippen LogP contribution is -2.13. The third kappa shape index (κ3) is 4.81. The number of rotatable bonds is 6. The molecule has 0 unspecified atom stereocenters. The van der Waals surface area contributed by atoms with Crippen molar-refractivity contribution >= 4 is 20.8 Å². The molecule has 186 valence electrons. The van der Waals surface area contributed by atoms with Crippen LogP contribution >= 0.6 is 0 Å². The van der Waals surface area contributed by atoms with E-state index in [0.717, 1.165) is 50.1 Å². The zero-order chi connectivity index (χ0) is 26.2. The molecule has 5 nitrogen and oxygen atoms in total. The van der Waals surface area contributed by atoms with Crippen molar-refractivity contribution < 1.29 is 17.9 Å². The number of methoxy groups -OCH3 is 1. The molecule has 0 aliphatic carbocycles. The molecule has 0 radical (unpaired) electrons. The van der Waals surface area contributed by atoms with Crippen LogP contribution in [0, 0.1) is 13.8 Å². The van der Waals surface area contributed by atoms with E-state index in [-0.39, 0.29) is 4.90 Å². The van der Waals surface area contributed by atoms with Gasteiger partial charge in [0.2, 0.25) is 10.0 Å². The standard InChI is InChI=1S/C31H27NO4S/c1-20-18-25(14-15-26(20)28-11-7-8-12-29(28)37(32,33)34)36-31-27-16-13-24(35-3)19-23(27)17-21(2)30(31)22-9-5-4-6-10-22/h4-19H,1-3H3,(H2,32,33,34). The molecule has 0 aliphatic heterocycles. The van der Waals surface area contributed by atoms with Crippen LogP contribution in [0.2, 0.25) is 0 Å². The van der Waals surface area contributed by atoms with Gasteiger partial charge in [-0.3, -0.25) is 0 Å². The van der Waals surface area contributed by atoms with E-state index in [1.54, 1.807) is 25.3 Å². The number of sulfonamides is 1. The molecule has 37 heavy (non-hydrogen) atoms. The van der Waals surface area contributed by atoms with E-state index >= 15 is 0 Å². The van der Waals surface area contributed by atoms with Crippen LogP contribution in [-0.4, -0.2) is 15.5 Å². The number of primary sulfonamides is 1. The Morgan fingerprint density at radius 3 is 2.11 bits per heavy atom. The van der Waals surface area contributed by atoms with Crippen LogP contribution in [0.5, 0.6) is 17.2 Å². The van der Waals surface area contributed by atoms with Crippen molar-refractivity contribution in [1.29, 1.82) is 0 Å². The van der Waals surface area contributed by atoms with E-state index in [0.29, 0.717) is 11.3 Å². The van der Waals surface area contributed by atoms with Gasteiger partial charge in [0, 0.05) is 16.5 Å². The first-order valence-electron chi connectivity index (χ1n) is 11.8. The molecule has 0 saturated heterocycles. The van der Waals surface area contributed by atoms with Crippen molar-refractivity contribution in [2.24, 2.45) is 5.14 Å². The lowest BCUT2D eigenvalue weighted by molar-refractivity contribution is 0.415. The predicted molar refractivity (Wildman–Crippen MR) is 149 cm³/mol. The molecule has 5 aromatic rings. The maximum Gasteiger partial charge on any atom is 0.238 e. The molecular weight excluding hydrogens is 482 g/mol. The molecule has 2 N–H and O–H groups in total. The fraction of sp³-hybridized carbons (Fsp3) is 0.0968. The minimum Gasteiger partial charge on any atom is -0.497 e. The van der Waals surface area contributed by atoms with Gasteiger partial charge < -0.3 is 9.47 Å². The highest BCUT2D eigenvalue weighted by atomic mass is 32.2. The van der Waals surface area contributed by atoms with E-state index in [1.165, 1.54) is 6.07 Å². The Kier molecular flexibility index (Phi) is 6.46. The molecule has 6 heteroatoms. The van der Waals surface area contributed by atoms with Gasteiger partial charge in [-0.1, -0.05) is 60.7 Å². The van der Waals surface area contributed by atoms with Gasteiger partial charge in [-0.2, -0.15) is 0 Å². The smallest absolute Gasteiger partial charge is 0.238 e. The molecule has 0 atom stereocenters. The summed E-state index contributed by atoms with van der Waals surface area (Å²) in [4.78, 5) is 0.0942. The average Bonchev–Trinajstić information content (AvgIpc) is 2.88. The van der Waals surface area contributed by atoms with Crippen molar-refractivity contribution in [1.82, 2.24) is 0 Å². The summed E-state index contributed by atoms with van der Waals surface area (Å²) in [5, 5.41) is 7.46. The summed E-state index contributed by atoms with van der Waals surface area (Å²) < 4.78 is 36.4. The summed E-state index contributed by atoms with van der Waals surface area (Å²) in [6.07, 6.45) is 0. The van der Waals surface area contributed by atoms with E-state index in [2.05, 4.69) is 25.1 Å². The minimum absolute atomic E-state index is 0.0942. The van der Waals surface area contributed by atoms with Crippen LogP contribution in [0.25, 0.3) is 33.0 Å². The van der Waals surface area contributed by atoms with E-state index in [1.807, 2.05) is 61.5 Å².